The molecule has 46 heavy (non-hydrogen) atoms. The van der Waals surface area contributed by atoms with Crippen molar-refractivity contribution in [1.29, 1.82) is 0 Å². The Hall–Kier alpha value is -2.71. The molecule has 3 amide bonds. The van der Waals surface area contributed by atoms with Crippen LogP contribution >= 0.6 is 22.9 Å². The van der Waals surface area contributed by atoms with E-state index in [1.165, 1.54) is 33.2 Å². The molecule has 1 saturated carbocycles. The number of benzene rings is 1. The molecule has 2 saturated heterocycles. The van der Waals surface area contributed by atoms with E-state index in [1.807, 2.05) is 17.5 Å². The summed E-state index contributed by atoms with van der Waals surface area (Å²) in [5.41, 5.74) is 0. The molecule has 2 N–H and O–H groups in total. The van der Waals surface area contributed by atoms with Crippen molar-refractivity contribution in [1.82, 2.24) is 24.7 Å². The molecule has 3 heterocycles. The highest BCUT2D eigenvalue weighted by molar-refractivity contribution is 7.88. The molecule has 0 radical (unpaired) electrons. The maximum Gasteiger partial charge on any atom is 0.415 e. The van der Waals surface area contributed by atoms with Gasteiger partial charge in [0.2, 0.25) is 21.8 Å². The van der Waals surface area contributed by atoms with E-state index in [-0.39, 0.29) is 49.2 Å². The average molecular weight is 694 g/mol. The fourth-order valence-electron chi connectivity index (χ4n) is 6.63. The number of nitrogens with one attached hydrogen (secondary N) is 2. The van der Waals surface area contributed by atoms with E-state index in [0.29, 0.717) is 43.9 Å². The van der Waals surface area contributed by atoms with Crippen molar-refractivity contribution < 1.29 is 27.5 Å². The van der Waals surface area contributed by atoms with Gasteiger partial charge in [0.05, 0.1) is 30.4 Å². The van der Waals surface area contributed by atoms with Gasteiger partial charge in [0.25, 0.3) is 0 Å². The highest BCUT2D eigenvalue weighted by Crippen LogP contribution is 2.28. The molecule has 2 aromatic rings. The monoisotopic (exact) mass is 693 g/mol. The summed E-state index contributed by atoms with van der Waals surface area (Å²) < 4.78 is 31.2. The lowest BCUT2D eigenvalue weighted by atomic mass is 9.88. The Labute approximate surface area is 280 Å². The van der Waals surface area contributed by atoms with Crippen LogP contribution in [0.15, 0.2) is 41.8 Å². The molecule has 3 aliphatic rings. The van der Waals surface area contributed by atoms with Crippen LogP contribution in [0.5, 0.6) is 5.75 Å². The summed E-state index contributed by atoms with van der Waals surface area (Å²) in [4.78, 5) is 45.5. The molecule has 3 fully saturated rings. The van der Waals surface area contributed by atoms with Crippen molar-refractivity contribution in [3.8, 4) is 5.75 Å². The van der Waals surface area contributed by atoms with E-state index in [9.17, 15) is 22.8 Å². The summed E-state index contributed by atoms with van der Waals surface area (Å²) in [6.07, 6.45) is 7.88. The van der Waals surface area contributed by atoms with Crippen molar-refractivity contribution >= 4 is 50.9 Å². The maximum absolute atomic E-state index is 14.5. The zero-order chi connectivity index (χ0) is 32.7. The molecule has 1 aromatic carbocycles. The lowest BCUT2D eigenvalue weighted by molar-refractivity contribution is -0.145. The first-order valence-electron chi connectivity index (χ1n) is 16.1. The number of piperazine rings is 1. The van der Waals surface area contributed by atoms with Gasteiger partial charge >= 0.3 is 6.09 Å². The highest BCUT2D eigenvalue weighted by Gasteiger charge is 2.41. The molecule has 1 aliphatic carbocycles. The van der Waals surface area contributed by atoms with Crippen LogP contribution in [0.2, 0.25) is 5.02 Å². The van der Waals surface area contributed by atoms with Crippen LogP contribution in [-0.2, 0) is 26.2 Å². The van der Waals surface area contributed by atoms with Crippen molar-refractivity contribution in [2.75, 3.05) is 39.0 Å². The smallest absolute Gasteiger partial charge is 0.409 e. The number of hydrogen-bond acceptors (Lipinski definition) is 8. The SMILES string of the molecule is CS(=O)(=O)N1CCC(C[C@@H](NC2CCCCC2)C(=O)N2CCN(C(=O)Oc3ccccc3Cl)C[C@H]2C(=O)NCc2cccs2)CC1. The molecule has 0 spiro atoms. The van der Waals surface area contributed by atoms with Crippen LogP contribution in [-0.4, -0.2) is 97.5 Å². The van der Waals surface area contributed by atoms with Gasteiger partial charge in [-0.2, -0.15) is 0 Å². The van der Waals surface area contributed by atoms with E-state index in [2.05, 4.69) is 10.6 Å². The Balaban J connectivity index is 1.33. The number of hydrogen-bond donors (Lipinski definition) is 2. The molecule has 0 bridgehead atoms. The van der Waals surface area contributed by atoms with Crippen LogP contribution in [0.4, 0.5) is 4.79 Å². The summed E-state index contributed by atoms with van der Waals surface area (Å²) in [7, 11) is -3.26. The van der Waals surface area contributed by atoms with Crippen molar-refractivity contribution in [3.63, 3.8) is 0 Å². The number of para-hydroxylation sites is 1. The number of carbonyl (C=O) groups excluding carboxylic acids is 3. The van der Waals surface area contributed by atoms with Gasteiger partial charge in [-0.1, -0.05) is 49.1 Å². The number of rotatable bonds is 10. The standard InChI is InChI=1S/C32H44ClN5O6S2/c1-46(42,43)37-15-13-23(14-16-37)20-27(35-24-8-3-2-4-9-24)31(40)38-18-17-36(32(41)44-29-12-6-5-11-26(29)33)22-28(38)30(39)34-21-25-10-7-19-45-25/h5-7,10-12,19,23-24,27-28,35H,2-4,8-9,13-18,20-22H2,1H3,(H,34,39)/t27-,28+/m1/s1. The number of thiophene rings is 1. The molecule has 252 valence electrons. The molecular formula is C32H44ClN5O6S2. The third-order valence-electron chi connectivity index (χ3n) is 9.23. The third kappa shape index (κ3) is 9.21. The largest absolute Gasteiger partial charge is 0.415 e. The number of piperidine rings is 1. The third-order valence-corrected chi connectivity index (χ3v) is 11.7. The van der Waals surface area contributed by atoms with Gasteiger partial charge in [-0.3, -0.25) is 9.59 Å². The molecule has 2 aliphatic heterocycles. The van der Waals surface area contributed by atoms with Gasteiger partial charge in [-0.25, -0.2) is 17.5 Å². The number of amides is 3. The lowest BCUT2D eigenvalue weighted by Gasteiger charge is -2.42. The first kappa shape index (κ1) is 34.6. The molecule has 1 aromatic heterocycles. The summed E-state index contributed by atoms with van der Waals surface area (Å²) in [5, 5.41) is 8.87. The summed E-state index contributed by atoms with van der Waals surface area (Å²) in [6.45, 7) is 1.55. The van der Waals surface area contributed by atoms with Gasteiger partial charge in [0.1, 0.15) is 6.04 Å². The van der Waals surface area contributed by atoms with E-state index in [0.717, 1.165) is 30.6 Å². The minimum absolute atomic E-state index is 0.0196. The molecule has 14 heteroatoms. The highest BCUT2D eigenvalue weighted by atomic mass is 35.5. The second-order valence-electron chi connectivity index (χ2n) is 12.5. The zero-order valence-electron chi connectivity index (χ0n) is 26.2. The van der Waals surface area contributed by atoms with Crippen LogP contribution in [0.3, 0.4) is 0 Å². The number of carbonyl (C=O) groups is 3. The fourth-order valence-corrected chi connectivity index (χ4v) is 8.33. The quantitative estimate of drug-likeness (QED) is 0.384. The first-order chi connectivity index (χ1) is 22.1. The number of halogens is 1. The van der Waals surface area contributed by atoms with Gasteiger partial charge in [0, 0.05) is 37.1 Å². The predicted molar refractivity (Wildman–Crippen MR) is 178 cm³/mol. The Bertz CT molecular complexity index is 1440. The normalized spacial score (nSPS) is 21.1. The predicted octanol–water partition coefficient (Wildman–Crippen LogP) is 4.08. The van der Waals surface area contributed by atoms with Crippen LogP contribution in [0.25, 0.3) is 0 Å². The van der Waals surface area contributed by atoms with Crippen molar-refractivity contribution in [2.45, 2.75) is 76.0 Å². The summed E-state index contributed by atoms with van der Waals surface area (Å²) >= 11 is 7.74. The minimum Gasteiger partial charge on any atom is -0.409 e. The number of ether oxygens (including phenoxy) is 1. The number of sulfonamides is 1. The van der Waals surface area contributed by atoms with Crippen LogP contribution in [0, 0.1) is 5.92 Å². The topological polar surface area (TPSA) is 128 Å². The fraction of sp³-hybridized carbons (Fsp3) is 0.594. The number of nitrogens with zero attached hydrogens (tertiary/aromatic N) is 3. The summed E-state index contributed by atoms with van der Waals surface area (Å²) in [5.74, 6) is -0.104. The molecule has 5 rings (SSSR count). The van der Waals surface area contributed by atoms with Gasteiger partial charge in [-0.05, 0) is 61.6 Å². The van der Waals surface area contributed by atoms with Crippen LogP contribution in [0.1, 0.15) is 56.2 Å². The maximum atomic E-state index is 14.5. The Morgan fingerprint density at radius 3 is 2.41 bits per heavy atom. The minimum atomic E-state index is -3.26. The van der Waals surface area contributed by atoms with E-state index >= 15 is 0 Å². The van der Waals surface area contributed by atoms with Gasteiger partial charge in [0.15, 0.2) is 5.75 Å². The van der Waals surface area contributed by atoms with Gasteiger partial charge < -0.3 is 25.2 Å². The van der Waals surface area contributed by atoms with E-state index < -0.39 is 28.2 Å². The Kier molecular flexibility index (Phi) is 12.0. The van der Waals surface area contributed by atoms with E-state index in [1.54, 1.807) is 29.2 Å². The second kappa shape index (κ2) is 15.9. The second-order valence-corrected chi connectivity index (χ2v) is 15.9. The van der Waals surface area contributed by atoms with Crippen molar-refractivity contribution in [3.05, 3.63) is 51.7 Å². The Morgan fingerprint density at radius 2 is 1.74 bits per heavy atom. The lowest BCUT2D eigenvalue weighted by Crippen LogP contribution is -2.65. The molecule has 11 nitrogen and oxygen atoms in total. The molecular weight excluding hydrogens is 650 g/mol. The van der Waals surface area contributed by atoms with Crippen LogP contribution < -0.4 is 15.4 Å². The summed E-state index contributed by atoms with van der Waals surface area (Å²) in [6, 6.07) is 9.31. The molecule has 0 unspecified atom stereocenters. The Morgan fingerprint density at radius 1 is 1.00 bits per heavy atom. The molecule has 2 atom stereocenters. The van der Waals surface area contributed by atoms with Gasteiger partial charge in [-0.15, -0.1) is 11.3 Å². The first-order valence-corrected chi connectivity index (χ1v) is 19.2. The average Bonchev–Trinajstić information content (AvgIpc) is 3.58. The van der Waals surface area contributed by atoms with E-state index in [4.69, 9.17) is 16.3 Å². The zero-order valence-corrected chi connectivity index (χ0v) is 28.6. The van der Waals surface area contributed by atoms with Crippen molar-refractivity contribution in [2.24, 2.45) is 5.92 Å².